The third kappa shape index (κ3) is 4.87. The Kier molecular flexibility index (Phi) is 5.66. The molecule has 0 spiro atoms. The minimum absolute atomic E-state index is 0.106. The van der Waals surface area contributed by atoms with E-state index in [0.29, 0.717) is 22.7 Å². The number of nitrogens with one attached hydrogen (secondary N) is 1. The van der Waals surface area contributed by atoms with E-state index in [2.05, 4.69) is 5.32 Å². The first-order valence-corrected chi connectivity index (χ1v) is 10.3. The summed E-state index contributed by atoms with van der Waals surface area (Å²) >= 11 is 0. The summed E-state index contributed by atoms with van der Waals surface area (Å²) in [4.78, 5) is 26.5. The monoisotopic (exact) mass is 403 g/mol. The van der Waals surface area contributed by atoms with Gasteiger partial charge in [0.15, 0.2) is 0 Å². The topological polar surface area (TPSA) is 119 Å². The van der Waals surface area contributed by atoms with E-state index in [-0.39, 0.29) is 30.5 Å². The van der Waals surface area contributed by atoms with Crippen molar-refractivity contribution in [1.82, 2.24) is 0 Å². The molecule has 1 aliphatic heterocycles. The number of ether oxygens (including phenoxy) is 1. The van der Waals surface area contributed by atoms with Crippen LogP contribution in [0.25, 0.3) is 0 Å². The molecular formula is C19H21N3O5S. The van der Waals surface area contributed by atoms with Crippen LogP contribution in [0, 0.1) is 5.92 Å². The van der Waals surface area contributed by atoms with Crippen molar-refractivity contribution in [2.45, 2.75) is 12.2 Å². The fourth-order valence-corrected chi connectivity index (χ4v) is 3.75. The second-order valence-electron chi connectivity index (χ2n) is 6.60. The van der Waals surface area contributed by atoms with Gasteiger partial charge in [0, 0.05) is 24.3 Å². The molecule has 0 aliphatic carbocycles. The zero-order valence-corrected chi connectivity index (χ0v) is 16.1. The van der Waals surface area contributed by atoms with Crippen LogP contribution < -0.4 is 20.1 Å². The van der Waals surface area contributed by atoms with Crippen LogP contribution in [0.4, 0.5) is 11.4 Å². The molecule has 8 nitrogen and oxygen atoms in total. The molecule has 148 valence electrons. The Hall–Kier alpha value is -2.91. The van der Waals surface area contributed by atoms with Crippen molar-refractivity contribution in [2.75, 3.05) is 23.9 Å². The zero-order valence-electron chi connectivity index (χ0n) is 15.3. The molecule has 1 fully saturated rings. The first-order valence-electron chi connectivity index (χ1n) is 8.60. The Labute approximate surface area is 163 Å². The van der Waals surface area contributed by atoms with Crippen LogP contribution in [0.15, 0.2) is 48.5 Å². The summed E-state index contributed by atoms with van der Waals surface area (Å²) in [6.07, 6.45) is 0.106. The van der Waals surface area contributed by atoms with Crippen molar-refractivity contribution in [3.8, 4) is 5.75 Å². The van der Waals surface area contributed by atoms with Crippen molar-refractivity contribution >= 4 is 33.2 Å². The molecule has 1 unspecified atom stereocenters. The molecule has 2 amide bonds. The van der Waals surface area contributed by atoms with Gasteiger partial charge in [0.05, 0.1) is 18.8 Å². The first kappa shape index (κ1) is 19.8. The second-order valence-corrected chi connectivity index (χ2v) is 8.21. The van der Waals surface area contributed by atoms with Crippen molar-refractivity contribution in [2.24, 2.45) is 11.1 Å². The number of carbonyl (C=O) groups excluding carboxylic acids is 2. The number of anilines is 2. The highest BCUT2D eigenvalue weighted by Crippen LogP contribution is 2.27. The standard InChI is InChI=1S/C19H21N3O5S/c1-27-17-7-5-16(6-8-17)22-11-14(10-18(22)23)19(24)21-15-4-2-3-13(9-15)12-28(20,25)26/h2-9,14H,10-12H2,1H3,(H,21,24)(H2,20,25,26). The van der Waals surface area contributed by atoms with E-state index < -0.39 is 15.9 Å². The SMILES string of the molecule is COc1ccc(N2CC(C(=O)Nc3cccc(CS(N)(=O)=O)c3)CC2=O)cc1. The number of nitrogens with two attached hydrogens (primary N) is 1. The van der Waals surface area contributed by atoms with Gasteiger partial charge in [-0.3, -0.25) is 9.59 Å². The predicted octanol–water partition coefficient (Wildman–Crippen LogP) is 1.48. The van der Waals surface area contributed by atoms with E-state index in [9.17, 15) is 18.0 Å². The Morgan fingerprint density at radius 1 is 1.25 bits per heavy atom. The molecular weight excluding hydrogens is 382 g/mol. The van der Waals surface area contributed by atoms with E-state index >= 15 is 0 Å². The van der Waals surface area contributed by atoms with Gasteiger partial charge in [-0.15, -0.1) is 0 Å². The molecule has 1 heterocycles. The number of sulfonamides is 1. The lowest BCUT2D eigenvalue weighted by Gasteiger charge is -2.17. The molecule has 2 aromatic carbocycles. The lowest BCUT2D eigenvalue weighted by Crippen LogP contribution is -2.28. The average molecular weight is 403 g/mol. The molecule has 1 atom stereocenters. The summed E-state index contributed by atoms with van der Waals surface area (Å²) < 4.78 is 27.6. The van der Waals surface area contributed by atoms with E-state index in [0.717, 1.165) is 0 Å². The second kappa shape index (κ2) is 7.99. The van der Waals surface area contributed by atoms with E-state index in [1.807, 2.05) is 0 Å². The number of benzene rings is 2. The van der Waals surface area contributed by atoms with Gasteiger partial charge in [-0.2, -0.15) is 0 Å². The van der Waals surface area contributed by atoms with Crippen LogP contribution in [0.2, 0.25) is 0 Å². The first-order chi connectivity index (χ1) is 13.2. The van der Waals surface area contributed by atoms with Gasteiger partial charge in [-0.05, 0) is 42.0 Å². The van der Waals surface area contributed by atoms with Gasteiger partial charge >= 0.3 is 0 Å². The minimum Gasteiger partial charge on any atom is -0.497 e. The molecule has 3 rings (SSSR count). The van der Waals surface area contributed by atoms with Crippen molar-refractivity contribution < 1.29 is 22.7 Å². The summed E-state index contributed by atoms with van der Waals surface area (Å²) in [5.41, 5.74) is 1.64. The number of hydrogen-bond acceptors (Lipinski definition) is 5. The molecule has 28 heavy (non-hydrogen) atoms. The number of carbonyl (C=O) groups is 2. The van der Waals surface area contributed by atoms with Crippen LogP contribution in [-0.2, 0) is 25.4 Å². The van der Waals surface area contributed by atoms with E-state index in [1.54, 1.807) is 60.5 Å². The zero-order chi connectivity index (χ0) is 20.3. The van der Waals surface area contributed by atoms with Gasteiger partial charge in [0.1, 0.15) is 5.75 Å². The Bertz CT molecular complexity index is 989. The Morgan fingerprint density at radius 3 is 2.61 bits per heavy atom. The van der Waals surface area contributed by atoms with Gasteiger partial charge in [0.25, 0.3) is 0 Å². The van der Waals surface area contributed by atoms with E-state index in [1.165, 1.54) is 0 Å². The normalized spacial score (nSPS) is 16.9. The number of methoxy groups -OCH3 is 1. The van der Waals surface area contributed by atoms with Crippen LogP contribution >= 0.6 is 0 Å². The van der Waals surface area contributed by atoms with Gasteiger partial charge < -0.3 is 15.0 Å². The van der Waals surface area contributed by atoms with Crippen molar-refractivity contribution in [3.05, 3.63) is 54.1 Å². The Morgan fingerprint density at radius 2 is 1.96 bits per heavy atom. The van der Waals surface area contributed by atoms with Gasteiger partial charge in [-0.1, -0.05) is 12.1 Å². The highest BCUT2D eigenvalue weighted by Gasteiger charge is 2.35. The van der Waals surface area contributed by atoms with Crippen LogP contribution in [0.1, 0.15) is 12.0 Å². The third-order valence-corrected chi connectivity index (χ3v) is 5.18. The molecule has 0 aromatic heterocycles. The molecule has 1 saturated heterocycles. The van der Waals surface area contributed by atoms with Crippen LogP contribution in [-0.4, -0.2) is 33.9 Å². The van der Waals surface area contributed by atoms with E-state index in [4.69, 9.17) is 9.88 Å². The number of hydrogen-bond donors (Lipinski definition) is 2. The predicted molar refractivity (Wildman–Crippen MR) is 105 cm³/mol. The van der Waals surface area contributed by atoms with Crippen molar-refractivity contribution in [1.29, 1.82) is 0 Å². The Balaban J connectivity index is 1.67. The highest BCUT2D eigenvalue weighted by molar-refractivity contribution is 7.88. The lowest BCUT2D eigenvalue weighted by molar-refractivity contribution is -0.122. The van der Waals surface area contributed by atoms with Gasteiger partial charge in [-0.25, -0.2) is 13.6 Å². The summed E-state index contributed by atoms with van der Waals surface area (Å²) in [7, 11) is -2.10. The van der Waals surface area contributed by atoms with Crippen molar-refractivity contribution in [3.63, 3.8) is 0 Å². The number of rotatable bonds is 6. The maximum Gasteiger partial charge on any atom is 0.229 e. The summed E-state index contributed by atoms with van der Waals surface area (Å²) in [6, 6.07) is 13.5. The summed E-state index contributed by atoms with van der Waals surface area (Å²) in [5, 5.41) is 7.80. The average Bonchev–Trinajstić information content (AvgIpc) is 3.02. The molecule has 1 aliphatic rings. The molecule has 0 radical (unpaired) electrons. The fraction of sp³-hybridized carbons (Fsp3) is 0.263. The molecule has 9 heteroatoms. The largest absolute Gasteiger partial charge is 0.497 e. The van der Waals surface area contributed by atoms with Crippen LogP contribution in [0.5, 0.6) is 5.75 Å². The summed E-state index contributed by atoms with van der Waals surface area (Å²) in [5.74, 6) is -0.560. The third-order valence-electron chi connectivity index (χ3n) is 4.44. The number of amides is 2. The van der Waals surface area contributed by atoms with Gasteiger partial charge in [0.2, 0.25) is 21.8 Å². The number of primary sulfonamides is 1. The molecule has 3 N–H and O–H groups in total. The van der Waals surface area contributed by atoms with Crippen LogP contribution in [0.3, 0.4) is 0 Å². The molecule has 2 aromatic rings. The minimum atomic E-state index is -3.66. The molecule has 0 bridgehead atoms. The maximum atomic E-state index is 12.6. The number of nitrogens with zero attached hydrogens (tertiary/aromatic N) is 1. The fourth-order valence-electron chi connectivity index (χ4n) is 3.11. The lowest BCUT2D eigenvalue weighted by atomic mass is 10.1. The summed E-state index contributed by atoms with van der Waals surface area (Å²) in [6.45, 7) is 0.272. The highest BCUT2D eigenvalue weighted by atomic mass is 32.2. The smallest absolute Gasteiger partial charge is 0.229 e. The quantitative estimate of drug-likeness (QED) is 0.757. The maximum absolute atomic E-state index is 12.6. The molecule has 0 saturated carbocycles.